The molecule has 5 nitrogen and oxygen atoms in total. The van der Waals surface area contributed by atoms with E-state index in [2.05, 4.69) is 6.92 Å². The number of aliphatic carboxylic acids is 2. The normalized spacial score (nSPS) is 16.0. The van der Waals surface area contributed by atoms with E-state index < -0.39 is 17.4 Å². The van der Waals surface area contributed by atoms with Crippen molar-refractivity contribution >= 4 is 11.9 Å². The second-order valence-electron chi connectivity index (χ2n) is 5.19. The lowest BCUT2D eigenvalue weighted by Crippen LogP contribution is -2.38. The van der Waals surface area contributed by atoms with E-state index in [0.29, 0.717) is 11.5 Å². The molecule has 2 N–H and O–H groups in total. The van der Waals surface area contributed by atoms with E-state index in [4.69, 9.17) is 14.9 Å². The standard InChI is InChI=1S/C17H18O5/c1-2-5-12-6-3-4-7-14(12)22-13-8-10-17(11-9-13,15(18)19)16(20)21/h3-4,6-10H,2,5,11H2,1H3,(H,18,19)(H,20,21). The van der Waals surface area contributed by atoms with Gasteiger partial charge in [-0.3, -0.25) is 9.59 Å². The Bertz CT molecular complexity index is 628. The fraction of sp³-hybridized carbons (Fsp3) is 0.294. The number of benzene rings is 1. The summed E-state index contributed by atoms with van der Waals surface area (Å²) in [7, 11) is 0. The number of rotatable bonds is 6. The van der Waals surface area contributed by atoms with E-state index in [9.17, 15) is 9.59 Å². The summed E-state index contributed by atoms with van der Waals surface area (Å²) in [5, 5.41) is 18.3. The third kappa shape index (κ3) is 3.03. The maximum absolute atomic E-state index is 11.2. The summed E-state index contributed by atoms with van der Waals surface area (Å²) in [6, 6.07) is 7.61. The smallest absolute Gasteiger partial charge is 0.325 e. The van der Waals surface area contributed by atoms with Crippen LogP contribution in [0, 0.1) is 5.41 Å². The van der Waals surface area contributed by atoms with Crippen LogP contribution in [0.25, 0.3) is 0 Å². The number of aryl methyl sites for hydroxylation is 1. The quantitative estimate of drug-likeness (QED) is 0.789. The molecule has 1 aliphatic rings. The highest BCUT2D eigenvalue weighted by Gasteiger charge is 2.44. The van der Waals surface area contributed by atoms with Gasteiger partial charge in [-0.2, -0.15) is 0 Å². The molecule has 0 atom stereocenters. The lowest BCUT2D eigenvalue weighted by atomic mass is 9.81. The zero-order valence-electron chi connectivity index (χ0n) is 12.3. The monoisotopic (exact) mass is 302 g/mol. The first-order chi connectivity index (χ1) is 10.5. The van der Waals surface area contributed by atoms with E-state index in [0.717, 1.165) is 18.4 Å². The molecule has 0 radical (unpaired) electrons. The second kappa shape index (κ2) is 6.47. The Morgan fingerprint density at radius 1 is 1.23 bits per heavy atom. The van der Waals surface area contributed by atoms with Crippen LogP contribution in [0.15, 0.2) is 48.3 Å². The van der Waals surface area contributed by atoms with Crippen LogP contribution in [0.1, 0.15) is 25.3 Å². The van der Waals surface area contributed by atoms with Gasteiger partial charge in [0, 0.05) is 0 Å². The number of carbonyl (C=O) groups is 2. The molecule has 2 rings (SSSR count). The number of allylic oxidation sites excluding steroid dienone is 2. The Hall–Kier alpha value is -2.56. The first-order valence-corrected chi connectivity index (χ1v) is 7.11. The molecule has 0 aliphatic heterocycles. The number of para-hydroxylation sites is 1. The summed E-state index contributed by atoms with van der Waals surface area (Å²) in [4.78, 5) is 22.4. The molecule has 1 aromatic carbocycles. The third-order valence-corrected chi connectivity index (χ3v) is 3.64. The van der Waals surface area contributed by atoms with Gasteiger partial charge in [0.05, 0.1) is 0 Å². The Balaban J connectivity index is 2.18. The highest BCUT2D eigenvalue weighted by molar-refractivity contribution is 6.01. The lowest BCUT2D eigenvalue weighted by molar-refractivity contribution is -0.160. The molecular formula is C17H18O5. The molecule has 0 unspecified atom stereocenters. The van der Waals surface area contributed by atoms with E-state index >= 15 is 0 Å². The van der Waals surface area contributed by atoms with Gasteiger partial charge in [-0.25, -0.2) is 0 Å². The van der Waals surface area contributed by atoms with Crippen molar-refractivity contribution in [2.75, 3.05) is 0 Å². The van der Waals surface area contributed by atoms with Crippen molar-refractivity contribution in [1.82, 2.24) is 0 Å². The fourth-order valence-electron chi connectivity index (χ4n) is 2.31. The van der Waals surface area contributed by atoms with Gasteiger partial charge >= 0.3 is 11.9 Å². The molecule has 5 heteroatoms. The molecular weight excluding hydrogens is 284 g/mol. The Morgan fingerprint density at radius 2 is 1.91 bits per heavy atom. The van der Waals surface area contributed by atoms with E-state index in [1.54, 1.807) is 0 Å². The molecule has 0 bridgehead atoms. The van der Waals surface area contributed by atoms with E-state index in [-0.39, 0.29) is 6.42 Å². The minimum atomic E-state index is -1.91. The molecule has 1 aliphatic carbocycles. The SMILES string of the molecule is CCCc1ccccc1OC1=CCC(C(=O)O)(C(=O)O)C=C1. The summed E-state index contributed by atoms with van der Waals surface area (Å²) in [6.45, 7) is 2.07. The summed E-state index contributed by atoms with van der Waals surface area (Å²) < 4.78 is 5.78. The minimum absolute atomic E-state index is 0.139. The van der Waals surface area contributed by atoms with Crippen molar-refractivity contribution < 1.29 is 24.5 Å². The zero-order valence-corrected chi connectivity index (χ0v) is 12.3. The molecule has 0 aromatic heterocycles. The number of hydrogen-bond acceptors (Lipinski definition) is 3. The van der Waals surface area contributed by atoms with Crippen molar-refractivity contribution in [2.45, 2.75) is 26.2 Å². The number of ether oxygens (including phenoxy) is 1. The van der Waals surface area contributed by atoms with Gasteiger partial charge in [-0.15, -0.1) is 0 Å². The maximum atomic E-state index is 11.2. The predicted octanol–water partition coefficient (Wildman–Crippen LogP) is 3.02. The molecule has 0 saturated carbocycles. The second-order valence-corrected chi connectivity index (χ2v) is 5.19. The largest absolute Gasteiger partial charge is 0.480 e. The average Bonchev–Trinajstić information content (AvgIpc) is 2.50. The van der Waals surface area contributed by atoms with Gasteiger partial charge in [0.2, 0.25) is 0 Å². The van der Waals surface area contributed by atoms with Crippen LogP contribution >= 0.6 is 0 Å². The number of carboxylic acid groups (broad SMARTS) is 2. The molecule has 0 fully saturated rings. The first-order valence-electron chi connectivity index (χ1n) is 7.11. The van der Waals surface area contributed by atoms with Crippen LogP contribution in [0.5, 0.6) is 5.75 Å². The third-order valence-electron chi connectivity index (χ3n) is 3.64. The predicted molar refractivity (Wildman–Crippen MR) is 80.6 cm³/mol. The average molecular weight is 302 g/mol. The van der Waals surface area contributed by atoms with Crippen LogP contribution in [0.2, 0.25) is 0 Å². The Kier molecular flexibility index (Phi) is 4.65. The topological polar surface area (TPSA) is 83.8 Å². The van der Waals surface area contributed by atoms with Crippen molar-refractivity contribution in [3.8, 4) is 5.75 Å². The van der Waals surface area contributed by atoms with Crippen LogP contribution in [-0.2, 0) is 16.0 Å². The fourth-order valence-corrected chi connectivity index (χ4v) is 2.31. The lowest BCUT2D eigenvalue weighted by Gasteiger charge is -2.23. The minimum Gasteiger partial charge on any atom is -0.480 e. The van der Waals surface area contributed by atoms with Crippen molar-refractivity contribution in [3.05, 3.63) is 53.8 Å². The van der Waals surface area contributed by atoms with Gasteiger partial charge < -0.3 is 14.9 Å². The van der Waals surface area contributed by atoms with Crippen LogP contribution in [0.3, 0.4) is 0 Å². The first kappa shape index (κ1) is 15.8. The Morgan fingerprint density at radius 3 is 2.45 bits per heavy atom. The van der Waals surface area contributed by atoms with Gasteiger partial charge in [0.25, 0.3) is 0 Å². The van der Waals surface area contributed by atoms with Crippen LogP contribution < -0.4 is 4.74 Å². The van der Waals surface area contributed by atoms with Gasteiger partial charge in [0.1, 0.15) is 11.5 Å². The summed E-state index contributed by atoms with van der Waals surface area (Å²) in [5.74, 6) is -1.59. The summed E-state index contributed by atoms with van der Waals surface area (Å²) >= 11 is 0. The highest BCUT2D eigenvalue weighted by atomic mass is 16.5. The molecule has 0 amide bonds. The Labute approximate surface area is 128 Å². The summed E-state index contributed by atoms with van der Waals surface area (Å²) in [6.07, 6.45) is 5.81. The molecule has 116 valence electrons. The van der Waals surface area contributed by atoms with Crippen molar-refractivity contribution in [3.63, 3.8) is 0 Å². The molecule has 0 saturated heterocycles. The van der Waals surface area contributed by atoms with Crippen LogP contribution in [-0.4, -0.2) is 22.2 Å². The number of carboxylic acids is 2. The summed E-state index contributed by atoms with van der Waals surface area (Å²) in [5.41, 5.74) is -0.844. The van der Waals surface area contributed by atoms with Gasteiger partial charge in [-0.1, -0.05) is 37.6 Å². The zero-order chi connectivity index (χ0) is 16.2. The van der Waals surface area contributed by atoms with Gasteiger partial charge in [0.15, 0.2) is 5.41 Å². The van der Waals surface area contributed by atoms with Crippen molar-refractivity contribution in [2.24, 2.45) is 5.41 Å². The van der Waals surface area contributed by atoms with E-state index in [1.807, 2.05) is 24.3 Å². The van der Waals surface area contributed by atoms with Crippen molar-refractivity contribution in [1.29, 1.82) is 0 Å². The van der Waals surface area contributed by atoms with E-state index in [1.165, 1.54) is 18.2 Å². The highest BCUT2D eigenvalue weighted by Crippen LogP contribution is 2.32. The molecule has 0 heterocycles. The molecule has 22 heavy (non-hydrogen) atoms. The number of hydrogen-bond donors (Lipinski definition) is 2. The molecule has 1 aromatic rings. The van der Waals surface area contributed by atoms with Gasteiger partial charge in [-0.05, 0) is 36.6 Å². The molecule has 0 spiro atoms. The van der Waals surface area contributed by atoms with Crippen LogP contribution in [0.4, 0.5) is 0 Å². The maximum Gasteiger partial charge on any atom is 0.325 e.